The summed E-state index contributed by atoms with van der Waals surface area (Å²) in [7, 11) is 0. The highest BCUT2D eigenvalue weighted by molar-refractivity contribution is 5.74. The van der Waals surface area contributed by atoms with Gasteiger partial charge in [0.1, 0.15) is 12.2 Å². The summed E-state index contributed by atoms with van der Waals surface area (Å²) >= 11 is 0. The predicted molar refractivity (Wildman–Crippen MR) is 75.2 cm³/mol. The molecule has 1 aliphatic rings. The molecular weight excluding hydrogens is 256 g/mol. The number of aliphatic carboxylic acids is 1. The minimum Gasteiger partial charge on any atom is -0.481 e. The van der Waals surface area contributed by atoms with Gasteiger partial charge in [-0.3, -0.25) is 9.69 Å². The van der Waals surface area contributed by atoms with E-state index in [1.54, 1.807) is 6.33 Å². The number of carboxylic acid groups (broad SMARTS) is 1. The van der Waals surface area contributed by atoms with Crippen LogP contribution < -0.4 is 0 Å². The Morgan fingerprint density at radius 1 is 1.40 bits per heavy atom. The molecule has 112 valence electrons. The molecule has 0 bridgehead atoms. The first kappa shape index (κ1) is 15.0. The van der Waals surface area contributed by atoms with Gasteiger partial charge in [0.05, 0.1) is 12.0 Å². The molecule has 20 heavy (non-hydrogen) atoms. The third-order valence-electron chi connectivity index (χ3n) is 4.44. The van der Waals surface area contributed by atoms with Crippen molar-refractivity contribution in [1.29, 1.82) is 0 Å². The highest BCUT2D eigenvalue weighted by Crippen LogP contribution is 2.35. The van der Waals surface area contributed by atoms with Crippen LogP contribution in [0.5, 0.6) is 0 Å². The number of rotatable bonds is 6. The Morgan fingerprint density at radius 3 is 2.65 bits per heavy atom. The van der Waals surface area contributed by atoms with Crippen LogP contribution in [0.25, 0.3) is 0 Å². The zero-order chi connectivity index (χ0) is 14.6. The molecule has 0 amide bonds. The first-order valence-corrected chi connectivity index (χ1v) is 7.43. The summed E-state index contributed by atoms with van der Waals surface area (Å²) < 4.78 is 1.94. The Bertz CT molecular complexity index is 450. The molecule has 2 heterocycles. The van der Waals surface area contributed by atoms with Crippen molar-refractivity contribution in [3.05, 3.63) is 12.2 Å². The van der Waals surface area contributed by atoms with Crippen molar-refractivity contribution in [3.8, 4) is 0 Å². The number of nitrogens with zero attached hydrogens (tertiary/aromatic N) is 4. The molecule has 0 aromatic carbocycles. The van der Waals surface area contributed by atoms with Gasteiger partial charge in [-0.25, -0.2) is 9.67 Å². The van der Waals surface area contributed by atoms with Crippen LogP contribution in [0.2, 0.25) is 0 Å². The summed E-state index contributed by atoms with van der Waals surface area (Å²) in [6.45, 7) is 7.38. The van der Waals surface area contributed by atoms with E-state index in [2.05, 4.69) is 21.9 Å². The Balaban J connectivity index is 1.94. The van der Waals surface area contributed by atoms with Crippen LogP contribution in [0, 0.1) is 5.41 Å². The molecule has 1 aromatic heterocycles. The van der Waals surface area contributed by atoms with E-state index in [0.29, 0.717) is 6.42 Å². The van der Waals surface area contributed by atoms with Gasteiger partial charge in [-0.1, -0.05) is 13.8 Å². The van der Waals surface area contributed by atoms with Crippen LogP contribution in [0.4, 0.5) is 0 Å². The number of carboxylic acids is 1. The number of hydrogen-bond donors (Lipinski definition) is 1. The van der Waals surface area contributed by atoms with Gasteiger partial charge in [0.25, 0.3) is 0 Å². The lowest BCUT2D eigenvalue weighted by molar-refractivity contribution is -0.152. The van der Waals surface area contributed by atoms with E-state index < -0.39 is 11.4 Å². The highest BCUT2D eigenvalue weighted by atomic mass is 16.4. The maximum absolute atomic E-state index is 11.4. The summed E-state index contributed by atoms with van der Waals surface area (Å²) in [4.78, 5) is 18.0. The Hall–Kier alpha value is -1.43. The summed E-state index contributed by atoms with van der Waals surface area (Å²) in [6, 6.07) is 0. The van der Waals surface area contributed by atoms with Crippen LogP contribution in [0.15, 0.2) is 6.33 Å². The van der Waals surface area contributed by atoms with Crippen molar-refractivity contribution in [3.63, 3.8) is 0 Å². The van der Waals surface area contributed by atoms with Crippen LogP contribution >= 0.6 is 0 Å². The van der Waals surface area contributed by atoms with E-state index in [4.69, 9.17) is 0 Å². The van der Waals surface area contributed by atoms with E-state index in [1.807, 2.05) is 11.6 Å². The summed E-state index contributed by atoms with van der Waals surface area (Å²) in [5, 5.41) is 13.6. The van der Waals surface area contributed by atoms with Crippen molar-refractivity contribution < 1.29 is 9.90 Å². The second kappa shape index (κ2) is 6.35. The number of piperidine rings is 1. The van der Waals surface area contributed by atoms with Gasteiger partial charge < -0.3 is 5.11 Å². The standard InChI is InChI=1S/C14H24N4O2/c1-3-7-18-12(15-11-16-18)10-17-8-5-14(4-2,6-9-17)13(19)20/h11H,3-10H2,1-2H3,(H,19,20). The molecule has 1 aliphatic heterocycles. The van der Waals surface area contributed by atoms with E-state index in [9.17, 15) is 9.90 Å². The number of aryl methyl sites for hydroxylation is 1. The molecule has 0 unspecified atom stereocenters. The van der Waals surface area contributed by atoms with E-state index in [1.165, 1.54) is 0 Å². The van der Waals surface area contributed by atoms with Gasteiger partial charge in [-0.15, -0.1) is 0 Å². The van der Waals surface area contributed by atoms with E-state index in [0.717, 1.165) is 51.3 Å². The molecule has 0 saturated carbocycles. The molecule has 0 atom stereocenters. The smallest absolute Gasteiger partial charge is 0.309 e. The summed E-state index contributed by atoms with van der Waals surface area (Å²) in [5.41, 5.74) is -0.520. The largest absolute Gasteiger partial charge is 0.481 e. The first-order chi connectivity index (χ1) is 9.61. The van der Waals surface area contributed by atoms with Crippen LogP contribution in [0.3, 0.4) is 0 Å². The van der Waals surface area contributed by atoms with Crippen molar-refractivity contribution in [2.24, 2.45) is 5.41 Å². The van der Waals surface area contributed by atoms with Crippen LogP contribution in [0.1, 0.15) is 45.4 Å². The van der Waals surface area contributed by atoms with Crippen molar-refractivity contribution >= 4 is 5.97 Å². The number of carbonyl (C=O) groups is 1. The second-order valence-corrected chi connectivity index (χ2v) is 5.61. The fraction of sp³-hybridized carbons (Fsp3) is 0.786. The molecule has 1 N–H and O–H groups in total. The molecule has 1 fully saturated rings. The number of likely N-dealkylation sites (tertiary alicyclic amines) is 1. The molecule has 0 aliphatic carbocycles. The van der Waals surface area contributed by atoms with Gasteiger partial charge in [-0.05, 0) is 38.8 Å². The minimum absolute atomic E-state index is 0.520. The third-order valence-corrected chi connectivity index (χ3v) is 4.44. The van der Waals surface area contributed by atoms with Gasteiger partial charge in [0, 0.05) is 6.54 Å². The fourth-order valence-electron chi connectivity index (χ4n) is 2.87. The Kier molecular flexibility index (Phi) is 4.75. The van der Waals surface area contributed by atoms with Gasteiger partial charge in [-0.2, -0.15) is 5.10 Å². The van der Waals surface area contributed by atoms with Gasteiger partial charge in [0.2, 0.25) is 0 Å². The molecular formula is C14H24N4O2. The average molecular weight is 280 g/mol. The van der Waals surface area contributed by atoms with Gasteiger partial charge in [0.15, 0.2) is 0 Å². The Labute approximate surface area is 119 Å². The molecule has 1 saturated heterocycles. The average Bonchev–Trinajstić information content (AvgIpc) is 2.87. The predicted octanol–water partition coefficient (Wildman–Crippen LogP) is 1.76. The molecule has 2 rings (SSSR count). The monoisotopic (exact) mass is 280 g/mol. The molecule has 1 aromatic rings. The maximum Gasteiger partial charge on any atom is 0.309 e. The minimum atomic E-state index is -0.645. The topological polar surface area (TPSA) is 71.2 Å². The number of hydrogen-bond acceptors (Lipinski definition) is 4. The van der Waals surface area contributed by atoms with Crippen LogP contribution in [-0.4, -0.2) is 43.8 Å². The third kappa shape index (κ3) is 3.00. The fourth-order valence-corrected chi connectivity index (χ4v) is 2.87. The lowest BCUT2D eigenvalue weighted by atomic mass is 9.76. The SMILES string of the molecule is CCCn1ncnc1CN1CCC(CC)(C(=O)O)CC1. The molecule has 0 spiro atoms. The summed E-state index contributed by atoms with van der Waals surface area (Å²) in [6.07, 6.45) is 4.79. The summed E-state index contributed by atoms with van der Waals surface area (Å²) in [5.74, 6) is 0.333. The lowest BCUT2D eigenvalue weighted by Gasteiger charge is -2.38. The first-order valence-electron chi connectivity index (χ1n) is 7.43. The zero-order valence-electron chi connectivity index (χ0n) is 12.4. The van der Waals surface area contributed by atoms with E-state index in [-0.39, 0.29) is 0 Å². The molecule has 0 radical (unpaired) electrons. The molecule has 6 heteroatoms. The second-order valence-electron chi connectivity index (χ2n) is 5.61. The van der Waals surface area contributed by atoms with Crippen molar-refractivity contribution in [2.45, 2.75) is 52.6 Å². The maximum atomic E-state index is 11.4. The Morgan fingerprint density at radius 2 is 2.10 bits per heavy atom. The molecule has 6 nitrogen and oxygen atoms in total. The van der Waals surface area contributed by atoms with E-state index >= 15 is 0 Å². The zero-order valence-corrected chi connectivity index (χ0v) is 12.4. The quantitative estimate of drug-likeness (QED) is 0.859. The van der Waals surface area contributed by atoms with Gasteiger partial charge >= 0.3 is 5.97 Å². The lowest BCUT2D eigenvalue weighted by Crippen LogP contribution is -2.44. The number of aromatic nitrogens is 3. The highest BCUT2D eigenvalue weighted by Gasteiger charge is 2.39. The van der Waals surface area contributed by atoms with Crippen molar-refractivity contribution in [2.75, 3.05) is 13.1 Å². The van der Waals surface area contributed by atoms with Crippen LogP contribution in [-0.2, 0) is 17.9 Å². The normalized spacial score (nSPS) is 19.1. The van der Waals surface area contributed by atoms with Crippen molar-refractivity contribution in [1.82, 2.24) is 19.7 Å².